The van der Waals surface area contributed by atoms with Gasteiger partial charge in [-0.05, 0) is 43.4 Å². The number of nitrogens with zero attached hydrogens (tertiary/aromatic N) is 1. The first-order valence-corrected chi connectivity index (χ1v) is 6.85. The summed E-state index contributed by atoms with van der Waals surface area (Å²) in [4.78, 5) is 3.94. The Balaban J connectivity index is 1.86. The van der Waals surface area contributed by atoms with Crippen molar-refractivity contribution in [2.45, 2.75) is 32.3 Å². The third-order valence-corrected chi connectivity index (χ3v) is 3.54. The Kier molecular flexibility index (Phi) is 4.94. The first kappa shape index (κ1) is 14.0. The van der Waals surface area contributed by atoms with Crippen molar-refractivity contribution in [3.8, 4) is 0 Å². The van der Waals surface area contributed by atoms with Crippen molar-refractivity contribution in [2.24, 2.45) is 0 Å². The van der Waals surface area contributed by atoms with E-state index < -0.39 is 0 Å². The Morgan fingerprint density at radius 3 is 2.63 bits per heavy atom. The maximum absolute atomic E-state index is 10.1. The van der Waals surface area contributed by atoms with E-state index in [4.69, 9.17) is 11.6 Å². The number of pyridine rings is 1. The number of hydrogen-bond donors (Lipinski definition) is 1. The zero-order valence-electron chi connectivity index (χ0n) is 11.0. The summed E-state index contributed by atoms with van der Waals surface area (Å²) in [6, 6.07) is 10.3. The molecule has 0 amide bonds. The lowest BCUT2D eigenvalue weighted by Gasteiger charge is -2.11. The van der Waals surface area contributed by atoms with Gasteiger partial charge >= 0.3 is 0 Å². The lowest BCUT2D eigenvalue weighted by Crippen LogP contribution is -2.12. The summed E-state index contributed by atoms with van der Waals surface area (Å²) in [6.45, 7) is 2.07. The molecule has 100 valence electrons. The molecule has 0 saturated heterocycles. The van der Waals surface area contributed by atoms with Gasteiger partial charge in [0.1, 0.15) is 0 Å². The number of aliphatic hydroxyl groups is 1. The zero-order chi connectivity index (χ0) is 13.7. The molecule has 0 saturated carbocycles. The van der Waals surface area contributed by atoms with E-state index in [0.717, 1.165) is 18.4 Å². The Morgan fingerprint density at radius 1 is 1.21 bits per heavy atom. The highest BCUT2D eigenvalue weighted by molar-refractivity contribution is 6.31. The summed E-state index contributed by atoms with van der Waals surface area (Å²) in [7, 11) is 0. The van der Waals surface area contributed by atoms with Crippen LogP contribution in [0.25, 0.3) is 0 Å². The van der Waals surface area contributed by atoms with Gasteiger partial charge in [-0.2, -0.15) is 0 Å². The van der Waals surface area contributed by atoms with Gasteiger partial charge in [0.25, 0.3) is 0 Å². The van der Waals surface area contributed by atoms with Gasteiger partial charge in [0.2, 0.25) is 0 Å². The highest BCUT2D eigenvalue weighted by Crippen LogP contribution is 2.17. The highest BCUT2D eigenvalue weighted by atomic mass is 35.5. The number of aryl methyl sites for hydroxylation is 2. The molecule has 1 aromatic heterocycles. The fourth-order valence-corrected chi connectivity index (χ4v) is 2.21. The van der Waals surface area contributed by atoms with Crippen molar-refractivity contribution in [2.75, 3.05) is 0 Å². The monoisotopic (exact) mass is 275 g/mol. The van der Waals surface area contributed by atoms with Crippen LogP contribution in [0.5, 0.6) is 0 Å². The van der Waals surface area contributed by atoms with Gasteiger partial charge in [0, 0.05) is 12.4 Å². The number of hydrogen-bond acceptors (Lipinski definition) is 2. The normalized spacial score (nSPS) is 12.4. The summed E-state index contributed by atoms with van der Waals surface area (Å²) in [5.41, 5.74) is 3.46. The number of benzene rings is 1. The molecular formula is C16H18ClNO. The lowest BCUT2D eigenvalue weighted by molar-refractivity contribution is 0.165. The molecule has 3 heteroatoms. The van der Waals surface area contributed by atoms with Gasteiger partial charge in [-0.1, -0.05) is 41.4 Å². The van der Waals surface area contributed by atoms with Gasteiger partial charge in [-0.25, -0.2) is 0 Å². The summed E-state index contributed by atoms with van der Waals surface area (Å²) in [5.74, 6) is 0. The largest absolute Gasteiger partial charge is 0.393 e. The molecule has 0 radical (unpaired) electrons. The first-order chi connectivity index (χ1) is 9.15. The molecule has 0 aliphatic carbocycles. The van der Waals surface area contributed by atoms with E-state index in [-0.39, 0.29) is 6.10 Å². The van der Waals surface area contributed by atoms with E-state index in [9.17, 15) is 5.11 Å². The van der Waals surface area contributed by atoms with Crippen LogP contribution < -0.4 is 0 Å². The van der Waals surface area contributed by atoms with Crippen molar-refractivity contribution in [3.05, 3.63) is 64.4 Å². The summed E-state index contributed by atoms with van der Waals surface area (Å²) >= 11 is 6.03. The van der Waals surface area contributed by atoms with Gasteiger partial charge in [0.15, 0.2) is 0 Å². The van der Waals surface area contributed by atoms with Gasteiger partial charge in [-0.15, -0.1) is 0 Å². The maximum atomic E-state index is 10.1. The van der Waals surface area contributed by atoms with Crippen molar-refractivity contribution in [3.63, 3.8) is 0 Å². The third kappa shape index (κ3) is 4.34. The van der Waals surface area contributed by atoms with Gasteiger partial charge < -0.3 is 5.11 Å². The van der Waals surface area contributed by atoms with Crippen molar-refractivity contribution in [1.29, 1.82) is 0 Å². The molecule has 2 nitrogen and oxygen atoms in total. The number of aliphatic hydroxyl groups excluding tert-OH is 1. The zero-order valence-corrected chi connectivity index (χ0v) is 11.8. The molecule has 1 atom stereocenters. The average molecular weight is 276 g/mol. The number of aromatic nitrogens is 1. The van der Waals surface area contributed by atoms with E-state index in [1.807, 2.05) is 6.07 Å². The smallest absolute Gasteiger partial charge is 0.0622 e. The molecule has 1 heterocycles. The van der Waals surface area contributed by atoms with E-state index in [2.05, 4.69) is 36.2 Å². The van der Waals surface area contributed by atoms with Crippen LogP contribution in [0.3, 0.4) is 0 Å². The second kappa shape index (κ2) is 6.69. The minimum atomic E-state index is -0.374. The lowest BCUT2D eigenvalue weighted by atomic mass is 10.0. The molecular weight excluding hydrogens is 258 g/mol. The van der Waals surface area contributed by atoms with Crippen molar-refractivity contribution < 1.29 is 5.11 Å². The number of rotatable bonds is 5. The van der Waals surface area contributed by atoms with E-state index in [1.54, 1.807) is 12.4 Å². The van der Waals surface area contributed by atoms with Crippen LogP contribution in [0.2, 0.25) is 5.02 Å². The average Bonchev–Trinajstić information content (AvgIpc) is 2.41. The summed E-state index contributed by atoms with van der Waals surface area (Å²) < 4.78 is 0. The van der Waals surface area contributed by atoms with Crippen LogP contribution in [0.4, 0.5) is 0 Å². The summed E-state index contributed by atoms with van der Waals surface area (Å²) in [6.07, 6.45) is 5.14. The molecule has 2 aromatic rings. The molecule has 1 N–H and O–H groups in total. The molecule has 0 aliphatic rings. The second-order valence-electron chi connectivity index (χ2n) is 4.85. The van der Waals surface area contributed by atoms with Crippen molar-refractivity contribution >= 4 is 11.6 Å². The minimum Gasteiger partial charge on any atom is -0.393 e. The van der Waals surface area contributed by atoms with E-state index in [1.165, 1.54) is 11.1 Å². The molecule has 1 aromatic carbocycles. The predicted octanol–water partition coefficient (Wildman–Crippen LogP) is 3.58. The Hall–Kier alpha value is -1.38. The third-order valence-electron chi connectivity index (χ3n) is 3.20. The Bertz CT molecular complexity index is 525. The SMILES string of the molecule is Cc1ccc(CCC(O)Cc2ccncc2Cl)cc1. The molecule has 0 aliphatic heterocycles. The van der Waals surface area contributed by atoms with Gasteiger partial charge in [-0.3, -0.25) is 4.98 Å². The van der Waals surface area contributed by atoms with Crippen LogP contribution >= 0.6 is 11.6 Å². The Labute approximate surface area is 119 Å². The molecule has 0 spiro atoms. The van der Waals surface area contributed by atoms with Crippen LogP contribution in [0.15, 0.2) is 42.7 Å². The maximum Gasteiger partial charge on any atom is 0.0622 e. The fraction of sp³-hybridized carbons (Fsp3) is 0.312. The van der Waals surface area contributed by atoms with Crippen molar-refractivity contribution in [1.82, 2.24) is 4.98 Å². The first-order valence-electron chi connectivity index (χ1n) is 6.47. The van der Waals surface area contributed by atoms with E-state index in [0.29, 0.717) is 11.4 Å². The van der Waals surface area contributed by atoms with Crippen LogP contribution in [-0.4, -0.2) is 16.2 Å². The predicted molar refractivity (Wildman–Crippen MR) is 78.5 cm³/mol. The van der Waals surface area contributed by atoms with Crippen LogP contribution in [-0.2, 0) is 12.8 Å². The van der Waals surface area contributed by atoms with E-state index >= 15 is 0 Å². The molecule has 19 heavy (non-hydrogen) atoms. The molecule has 2 rings (SSSR count). The fourth-order valence-electron chi connectivity index (χ4n) is 2.01. The second-order valence-corrected chi connectivity index (χ2v) is 5.26. The quantitative estimate of drug-likeness (QED) is 0.905. The molecule has 0 fully saturated rings. The Morgan fingerprint density at radius 2 is 1.95 bits per heavy atom. The molecule has 0 bridgehead atoms. The number of halogens is 1. The van der Waals surface area contributed by atoms with Crippen LogP contribution in [0.1, 0.15) is 23.1 Å². The standard InChI is InChI=1S/C16H18ClNO/c1-12-2-4-13(5-3-12)6-7-15(19)10-14-8-9-18-11-16(14)17/h2-5,8-9,11,15,19H,6-7,10H2,1H3. The van der Waals surface area contributed by atoms with Gasteiger partial charge in [0.05, 0.1) is 11.1 Å². The van der Waals surface area contributed by atoms with Crippen LogP contribution in [0, 0.1) is 6.92 Å². The molecule has 1 unspecified atom stereocenters. The minimum absolute atomic E-state index is 0.374. The summed E-state index contributed by atoms with van der Waals surface area (Å²) in [5, 5.41) is 10.7. The highest BCUT2D eigenvalue weighted by Gasteiger charge is 2.08. The topological polar surface area (TPSA) is 33.1 Å².